The van der Waals surface area contributed by atoms with Crippen molar-refractivity contribution < 1.29 is 9.18 Å². The van der Waals surface area contributed by atoms with E-state index in [0.717, 1.165) is 18.4 Å². The predicted molar refractivity (Wildman–Crippen MR) is 55.8 cm³/mol. The summed E-state index contributed by atoms with van der Waals surface area (Å²) in [6, 6.07) is 6.06. The third-order valence-electron chi connectivity index (χ3n) is 3.11. The zero-order valence-electron chi connectivity index (χ0n) is 8.50. The smallest absolute Gasteiger partial charge is 0.144 e. The molecular formula is C12H14FNO. The van der Waals surface area contributed by atoms with Gasteiger partial charge in [-0.05, 0) is 30.5 Å². The van der Waals surface area contributed by atoms with E-state index in [1.54, 1.807) is 12.1 Å². The minimum Gasteiger partial charge on any atom is -0.329 e. The predicted octanol–water partition coefficient (Wildman–Crippen LogP) is 1.68. The van der Waals surface area contributed by atoms with Crippen LogP contribution in [0.4, 0.5) is 4.39 Å². The zero-order chi connectivity index (χ0) is 10.9. The molecule has 2 N–H and O–H groups in total. The van der Waals surface area contributed by atoms with Gasteiger partial charge in [-0.3, -0.25) is 4.79 Å². The van der Waals surface area contributed by atoms with Crippen LogP contribution in [0, 0.1) is 11.2 Å². The van der Waals surface area contributed by atoms with E-state index < -0.39 is 0 Å². The fraction of sp³-hybridized carbons (Fsp3) is 0.417. The van der Waals surface area contributed by atoms with E-state index >= 15 is 0 Å². The Bertz CT molecular complexity index is 368. The van der Waals surface area contributed by atoms with Crippen LogP contribution < -0.4 is 5.73 Å². The highest BCUT2D eigenvalue weighted by Crippen LogP contribution is 2.45. The molecule has 1 fully saturated rings. The molecule has 3 heteroatoms. The summed E-state index contributed by atoms with van der Waals surface area (Å²) in [4.78, 5) is 11.8. The van der Waals surface area contributed by atoms with Crippen LogP contribution in [0.5, 0.6) is 0 Å². The number of ketones is 1. The number of carbonyl (C=O) groups is 1. The van der Waals surface area contributed by atoms with Crippen molar-refractivity contribution in [1.82, 2.24) is 0 Å². The summed E-state index contributed by atoms with van der Waals surface area (Å²) in [7, 11) is 0. The van der Waals surface area contributed by atoms with Crippen molar-refractivity contribution in [1.29, 1.82) is 0 Å². The Hall–Kier alpha value is -1.22. The van der Waals surface area contributed by atoms with Crippen molar-refractivity contribution in [3.8, 4) is 0 Å². The Kier molecular flexibility index (Phi) is 2.57. The minimum atomic E-state index is -0.272. The first-order valence-electron chi connectivity index (χ1n) is 5.14. The van der Waals surface area contributed by atoms with E-state index in [1.165, 1.54) is 12.1 Å². The number of carbonyl (C=O) groups excluding carboxylic acids is 1. The molecule has 0 heterocycles. The number of nitrogens with two attached hydrogens (primary N) is 1. The summed E-state index contributed by atoms with van der Waals surface area (Å²) in [6.07, 6.45) is 2.19. The van der Waals surface area contributed by atoms with Crippen LogP contribution in [0.15, 0.2) is 24.3 Å². The molecule has 0 aromatic heterocycles. The van der Waals surface area contributed by atoms with Crippen molar-refractivity contribution in [2.45, 2.75) is 19.3 Å². The first-order valence-corrected chi connectivity index (χ1v) is 5.14. The maximum Gasteiger partial charge on any atom is 0.144 e. The Morgan fingerprint density at radius 3 is 2.40 bits per heavy atom. The molecule has 15 heavy (non-hydrogen) atoms. The maximum absolute atomic E-state index is 12.6. The number of Topliss-reactive ketones (excluding diaryl/α,β-unsaturated/α-hetero) is 1. The molecule has 0 bridgehead atoms. The van der Waals surface area contributed by atoms with Gasteiger partial charge in [-0.25, -0.2) is 4.39 Å². The van der Waals surface area contributed by atoms with Crippen LogP contribution in [0.25, 0.3) is 0 Å². The quantitative estimate of drug-likeness (QED) is 0.816. The Balaban J connectivity index is 2.03. The van der Waals surface area contributed by atoms with Gasteiger partial charge in [-0.2, -0.15) is 0 Å². The van der Waals surface area contributed by atoms with Gasteiger partial charge in [0.2, 0.25) is 0 Å². The standard InChI is InChI=1S/C12H14FNO/c13-10-3-1-9(2-4-10)7-11(15)12(8-14)5-6-12/h1-4H,5-8,14H2. The Labute approximate surface area is 88.3 Å². The highest BCUT2D eigenvalue weighted by Gasteiger charge is 2.47. The second kappa shape index (κ2) is 3.74. The molecule has 1 aliphatic carbocycles. The van der Waals surface area contributed by atoms with Crippen LogP contribution in [0.1, 0.15) is 18.4 Å². The lowest BCUT2D eigenvalue weighted by Crippen LogP contribution is -2.26. The monoisotopic (exact) mass is 207 g/mol. The SMILES string of the molecule is NCC1(C(=O)Cc2ccc(F)cc2)CC1. The molecule has 0 amide bonds. The minimum absolute atomic E-state index is 0.191. The van der Waals surface area contributed by atoms with E-state index in [0.29, 0.717) is 13.0 Å². The number of rotatable bonds is 4. The van der Waals surface area contributed by atoms with Gasteiger partial charge in [0, 0.05) is 18.4 Å². The number of halogens is 1. The summed E-state index contributed by atoms with van der Waals surface area (Å²) in [6.45, 7) is 0.438. The van der Waals surface area contributed by atoms with E-state index in [-0.39, 0.29) is 17.0 Å². The number of hydrogen-bond acceptors (Lipinski definition) is 2. The molecule has 2 rings (SSSR count). The van der Waals surface area contributed by atoms with E-state index in [1.807, 2.05) is 0 Å². The van der Waals surface area contributed by atoms with Crippen molar-refractivity contribution >= 4 is 5.78 Å². The largest absolute Gasteiger partial charge is 0.329 e. The molecule has 1 aliphatic rings. The summed E-state index contributed by atoms with van der Waals surface area (Å²) in [5.41, 5.74) is 6.17. The molecule has 0 spiro atoms. The molecule has 1 aromatic carbocycles. The third kappa shape index (κ3) is 2.07. The Morgan fingerprint density at radius 1 is 1.33 bits per heavy atom. The lowest BCUT2D eigenvalue weighted by Gasteiger charge is -2.10. The number of benzene rings is 1. The second-order valence-corrected chi connectivity index (χ2v) is 4.21. The van der Waals surface area contributed by atoms with Gasteiger partial charge in [-0.1, -0.05) is 12.1 Å². The molecule has 0 radical (unpaired) electrons. The summed E-state index contributed by atoms with van der Waals surface area (Å²) >= 11 is 0. The molecule has 0 aliphatic heterocycles. The van der Waals surface area contributed by atoms with Crippen LogP contribution in [0.2, 0.25) is 0 Å². The fourth-order valence-electron chi connectivity index (χ4n) is 1.72. The zero-order valence-corrected chi connectivity index (χ0v) is 8.50. The van der Waals surface area contributed by atoms with Crippen LogP contribution in [-0.4, -0.2) is 12.3 Å². The molecular weight excluding hydrogens is 193 g/mol. The molecule has 0 saturated heterocycles. The number of hydrogen-bond donors (Lipinski definition) is 1. The third-order valence-corrected chi connectivity index (χ3v) is 3.11. The summed E-state index contributed by atoms with van der Waals surface area (Å²) in [5, 5.41) is 0. The molecule has 2 nitrogen and oxygen atoms in total. The van der Waals surface area contributed by atoms with Crippen molar-refractivity contribution in [2.24, 2.45) is 11.1 Å². The second-order valence-electron chi connectivity index (χ2n) is 4.21. The highest BCUT2D eigenvalue weighted by atomic mass is 19.1. The van der Waals surface area contributed by atoms with Crippen molar-refractivity contribution in [3.63, 3.8) is 0 Å². The van der Waals surface area contributed by atoms with Gasteiger partial charge < -0.3 is 5.73 Å². The summed E-state index contributed by atoms with van der Waals surface area (Å²) < 4.78 is 12.6. The van der Waals surface area contributed by atoms with Gasteiger partial charge >= 0.3 is 0 Å². The van der Waals surface area contributed by atoms with Gasteiger partial charge in [0.1, 0.15) is 11.6 Å². The average molecular weight is 207 g/mol. The van der Waals surface area contributed by atoms with Crippen molar-refractivity contribution in [2.75, 3.05) is 6.54 Å². The van der Waals surface area contributed by atoms with Crippen molar-refractivity contribution in [3.05, 3.63) is 35.6 Å². The highest BCUT2D eigenvalue weighted by molar-refractivity contribution is 5.89. The van der Waals surface area contributed by atoms with Crippen LogP contribution >= 0.6 is 0 Å². The van der Waals surface area contributed by atoms with Gasteiger partial charge in [0.25, 0.3) is 0 Å². The fourth-order valence-corrected chi connectivity index (χ4v) is 1.72. The summed E-state index contributed by atoms with van der Waals surface area (Å²) in [5.74, 6) is -0.0808. The molecule has 80 valence electrons. The molecule has 1 aromatic rings. The van der Waals surface area contributed by atoms with E-state index in [2.05, 4.69) is 0 Å². The van der Waals surface area contributed by atoms with Crippen LogP contribution in [-0.2, 0) is 11.2 Å². The van der Waals surface area contributed by atoms with E-state index in [4.69, 9.17) is 5.73 Å². The topological polar surface area (TPSA) is 43.1 Å². The Morgan fingerprint density at radius 2 is 1.93 bits per heavy atom. The first kappa shape index (κ1) is 10.3. The normalized spacial score (nSPS) is 17.5. The maximum atomic E-state index is 12.6. The molecule has 1 saturated carbocycles. The van der Waals surface area contributed by atoms with Gasteiger partial charge in [0.15, 0.2) is 0 Å². The first-order chi connectivity index (χ1) is 7.16. The molecule has 0 atom stereocenters. The van der Waals surface area contributed by atoms with Crippen LogP contribution in [0.3, 0.4) is 0 Å². The lowest BCUT2D eigenvalue weighted by molar-refractivity contribution is -0.123. The van der Waals surface area contributed by atoms with E-state index in [9.17, 15) is 9.18 Å². The van der Waals surface area contributed by atoms with Gasteiger partial charge in [0.05, 0.1) is 0 Å². The molecule has 0 unspecified atom stereocenters. The lowest BCUT2D eigenvalue weighted by atomic mass is 9.95. The average Bonchev–Trinajstić information content (AvgIpc) is 3.02. The van der Waals surface area contributed by atoms with Gasteiger partial charge in [-0.15, -0.1) is 0 Å².